The number of benzene rings is 2. The third-order valence-corrected chi connectivity index (χ3v) is 3.65. The van der Waals surface area contributed by atoms with Crippen molar-refractivity contribution < 1.29 is 19.1 Å². The molecular weight excluding hydrogens is 334 g/mol. The molecule has 0 atom stereocenters. The van der Waals surface area contributed by atoms with Crippen LogP contribution in [0.25, 0.3) is 5.69 Å². The van der Waals surface area contributed by atoms with E-state index in [4.69, 9.17) is 4.74 Å². The van der Waals surface area contributed by atoms with Crippen molar-refractivity contribution >= 4 is 11.9 Å². The van der Waals surface area contributed by atoms with E-state index in [1.165, 1.54) is 11.8 Å². The summed E-state index contributed by atoms with van der Waals surface area (Å²) in [6.45, 7) is 2.04. The summed E-state index contributed by atoms with van der Waals surface area (Å²) in [5.74, 6) is -1.71. The van der Waals surface area contributed by atoms with Crippen LogP contribution in [-0.4, -0.2) is 33.8 Å². The van der Waals surface area contributed by atoms with Gasteiger partial charge in [-0.25, -0.2) is 14.3 Å². The van der Waals surface area contributed by atoms with Crippen molar-refractivity contribution in [1.29, 1.82) is 0 Å². The van der Waals surface area contributed by atoms with Gasteiger partial charge in [-0.1, -0.05) is 48.0 Å². The van der Waals surface area contributed by atoms with Crippen LogP contribution in [0.4, 0.5) is 0 Å². The maximum atomic E-state index is 12.5. The van der Waals surface area contributed by atoms with Crippen molar-refractivity contribution in [3.05, 3.63) is 77.4 Å². The number of hydrogen-bond donors (Lipinski definition) is 0. The maximum absolute atomic E-state index is 12.5. The first-order valence-electron chi connectivity index (χ1n) is 7.92. The Kier molecular flexibility index (Phi) is 5.07. The molecule has 0 radical (unpaired) electrons. The largest absolute Gasteiger partial charge is 0.463 e. The molecule has 0 N–H and O–H groups in total. The van der Waals surface area contributed by atoms with Gasteiger partial charge in [-0.05, 0) is 24.6 Å². The number of rotatable bonds is 5. The Bertz CT molecular complexity index is 918. The Balaban J connectivity index is 1.90. The highest BCUT2D eigenvalue weighted by Gasteiger charge is 2.24. The summed E-state index contributed by atoms with van der Waals surface area (Å²) >= 11 is 0. The van der Waals surface area contributed by atoms with Gasteiger partial charge in [0.05, 0.1) is 12.8 Å². The van der Waals surface area contributed by atoms with Crippen molar-refractivity contribution in [2.24, 2.45) is 0 Å². The van der Waals surface area contributed by atoms with Crippen LogP contribution in [0, 0.1) is 6.92 Å². The average molecular weight is 351 g/mol. The summed E-state index contributed by atoms with van der Waals surface area (Å²) in [4.78, 5) is 28.3. The first kappa shape index (κ1) is 17.3. The Hall–Kier alpha value is -3.48. The number of hydrogen-bond acceptors (Lipinski definition) is 6. The van der Waals surface area contributed by atoms with Gasteiger partial charge in [0.2, 0.25) is 5.82 Å². The lowest BCUT2D eigenvalue weighted by molar-refractivity contribution is 0.0455. The fourth-order valence-corrected chi connectivity index (χ4v) is 2.28. The lowest BCUT2D eigenvalue weighted by Crippen LogP contribution is -2.13. The van der Waals surface area contributed by atoms with E-state index in [0.717, 1.165) is 11.1 Å². The third kappa shape index (κ3) is 3.77. The highest BCUT2D eigenvalue weighted by Crippen LogP contribution is 2.14. The summed E-state index contributed by atoms with van der Waals surface area (Å²) in [5.41, 5.74) is 2.48. The molecule has 0 unspecified atom stereocenters. The molecule has 0 saturated carbocycles. The summed E-state index contributed by atoms with van der Waals surface area (Å²) in [7, 11) is 1.22. The molecule has 0 aliphatic rings. The van der Waals surface area contributed by atoms with E-state index in [9.17, 15) is 9.59 Å². The molecular formula is C19H17N3O4. The molecule has 0 amide bonds. The molecule has 0 aliphatic heterocycles. The van der Waals surface area contributed by atoms with Gasteiger partial charge in [-0.2, -0.15) is 4.98 Å². The topological polar surface area (TPSA) is 83.3 Å². The van der Waals surface area contributed by atoms with E-state index in [-0.39, 0.29) is 18.3 Å². The van der Waals surface area contributed by atoms with E-state index in [1.54, 1.807) is 12.1 Å². The zero-order valence-electron chi connectivity index (χ0n) is 14.4. The van der Waals surface area contributed by atoms with Crippen LogP contribution in [0.15, 0.2) is 54.6 Å². The predicted octanol–water partition coefficient (Wildman–Crippen LogP) is 2.72. The van der Waals surface area contributed by atoms with Crippen LogP contribution in [0.1, 0.15) is 32.4 Å². The fourth-order valence-electron chi connectivity index (χ4n) is 2.28. The first-order chi connectivity index (χ1) is 12.6. The second kappa shape index (κ2) is 7.60. The molecule has 3 aromatic rings. The zero-order chi connectivity index (χ0) is 18.5. The summed E-state index contributed by atoms with van der Waals surface area (Å²) in [5, 5.41) is 4.09. The van der Waals surface area contributed by atoms with Gasteiger partial charge in [-0.15, -0.1) is 5.10 Å². The van der Waals surface area contributed by atoms with Crippen LogP contribution in [0.3, 0.4) is 0 Å². The van der Waals surface area contributed by atoms with Crippen LogP contribution in [0.5, 0.6) is 0 Å². The molecule has 7 nitrogen and oxygen atoms in total. The number of methoxy groups -OCH3 is 1. The Morgan fingerprint density at radius 2 is 1.69 bits per heavy atom. The van der Waals surface area contributed by atoms with Crippen molar-refractivity contribution in [2.75, 3.05) is 7.11 Å². The molecule has 1 aromatic heterocycles. The number of aromatic nitrogens is 3. The average Bonchev–Trinajstić information content (AvgIpc) is 3.12. The maximum Gasteiger partial charge on any atom is 0.377 e. The van der Waals surface area contributed by atoms with E-state index in [2.05, 4.69) is 14.8 Å². The Labute approximate surface area is 150 Å². The number of nitrogens with zero attached hydrogens (tertiary/aromatic N) is 3. The second-order valence-electron chi connectivity index (χ2n) is 5.56. The molecule has 132 valence electrons. The Morgan fingerprint density at radius 3 is 2.35 bits per heavy atom. The molecule has 0 bridgehead atoms. The highest BCUT2D eigenvalue weighted by atomic mass is 16.5. The first-order valence-corrected chi connectivity index (χ1v) is 7.92. The number of carbonyl (C=O) groups excluding carboxylic acids is 2. The van der Waals surface area contributed by atoms with Gasteiger partial charge in [0.25, 0.3) is 5.82 Å². The molecule has 0 aliphatic carbocycles. The van der Waals surface area contributed by atoms with E-state index < -0.39 is 11.9 Å². The molecule has 7 heteroatoms. The van der Waals surface area contributed by atoms with Crippen molar-refractivity contribution in [1.82, 2.24) is 14.8 Å². The van der Waals surface area contributed by atoms with Crippen LogP contribution >= 0.6 is 0 Å². The number of esters is 2. The van der Waals surface area contributed by atoms with Crippen molar-refractivity contribution in [3.63, 3.8) is 0 Å². The predicted molar refractivity (Wildman–Crippen MR) is 93.0 cm³/mol. The van der Waals surface area contributed by atoms with Crippen LogP contribution in [0.2, 0.25) is 0 Å². The summed E-state index contributed by atoms with van der Waals surface area (Å²) < 4.78 is 11.2. The molecule has 0 spiro atoms. The van der Waals surface area contributed by atoms with Gasteiger partial charge >= 0.3 is 11.9 Å². The quantitative estimate of drug-likeness (QED) is 0.657. The van der Waals surface area contributed by atoms with Gasteiger partial charge in [0.15, 0.2) is 0 Å². The molecule has 0 saturated heterocycles. The summed E-state index contributed by atoms with van der Waals surface area (Å²) in [6.07, 6.45) is 0. The lowest BCUT2D eigenvalue weighted by Gasteiger charge is -2.07. The lowest BCUT2D eigenvalue weighted by atomic mass is 10.2. The zero-order valence-corrected chi connectivity index (χ0v) is 14.4. The SMILES string of the molecule is COC(=O)c1nc(C(=O)OCc2ccccc2)n(-c2ccc(C)cc2)n1. The van der Waals surface area contributed by atoms with Crippen LogP contribution in [-0.2, 0) is 16.1 Å². The minimum atomic E-state index is -0.729. The number of ether oxygens (including phenoxy) is 2. The molecule has 0 fully saturated rings. The molecule has 26 heavy (non-hydrogen) atoms. The normalized spacial score (nSPS) is 10.4. The highest BCUT2D eigenvalue weighted by molar-refractivity contribution is 5.90. The van der Waals surface area contributed by atoms with E-state index >= 15 is 0 Å². The van der Waals surface area contributed by atoms with Gasteiger partial charge in [-0.3, -0.25) is 0 Å². The van der Waals surface area contributed by atoms with E-state index in [1.807, 2.05) is 49.4 Å². The van der Waals surface area contributed by atoms with Crippen LogP contribution < -0.4 is 0 Å². The second-order valence-corrected chi connectivity index (χ2v) is 5.56. The minimum absolute atomic E-state index is 0.0913. The van der Waals surface area contributed by atoms with Gasteiger partial charge in [0, 0.05) is 0 Å². The monoisotopic (exact) mass is 351 g/mol. The third-order valence-electron chi connectivity index (χ3n) is 3.65. The fraction of sp³-hybridized carbons (Fsp3) is 0.158. The minimum Gasteiger partial charge on any atom is -0.463 e. The molecule has 3 rings (SSSR count). The summed E-state index contributed by atoms with van der Waals surface area (Å²) in [6, 6.07) is 16.6. The van der Waals surface area contributed by atoms with Crippen molar-refractivity contribution in [2.45, 2.75) is 13.5 Å². The van der Waals surface area contributed by atoms with E-state index in [0.29, 0.717) is 5.69 Å². The van der Waals surface area contributed by atoms with Gasteiger partial charge < -0.3 is 9.47 Å². The van der Waals surface area contributed by atoms with Gasteiger partial charge in [0.1, 0.15) is 6.61 Å². The standard InChI is InChI=1S/C19H17N3O4/c1-13-8-10-15(11-9-13)22-17(20-16(21-22)18(23)25-2)19(24)26-12-14-6-4-3-5-7-14/h3-11H,12H2,1-2H3. The number of aryl methyl sites for hydroxylation is 1. The Morgan fingerprint density at radius 1 is 1.00 bits per heavy atom. The molecule has 2 aromatic carbocycles. The smallest absolute Gasteiger partial charge is 0.377 e. The van der Waals surface area contributed by atoms with Crippen molar-refractivity contribution in [3.8, 4) is 5.69 Å². The molecule has 1 heterocycles. The number of carbonyl (C=O) groups is 2.